The summed E-state index contributed by atoms with van der Waals surface area (Å²) in [6.07, 6.45) is 1.16. The van der Waals surface area contributed by atoms with Crippen molar-refractivity contribution in [3.63, 3.8) is 0 Å². The first-order valence-electron chi connectivity index (χ1n) is 7.45. The number of nitrogens with one attached hydrogen (secondary N) is 1. The average Bonchev–Trinajstić information content (AvgIpc) is 2.85. The third-order valence-electron chi connectivity index (χ3n) is 3.98. The predicted octanol–water partition coefficient (Wildman–Crippen LogP) is 4.85. The molecule has 110 valence electrons. The maximum Gasteiger partial charge on any atom is 0.0446 e. The van der Waals surface area contributed by atoms with Gasteiger partial charge < -0.3 is 5.32 Å². The summed E-state index contributed by atoms with van der Waals surface area (Å²) in [5.41, 5.74) is 4.32. The molecule has 2 aromatic rings. The maximum atomic E-state index is 5.95. The summed E-state index contributed by atoms with van der Waals surface area (Å²) in [5, 5.41) is 5.07. The zero-order chi connectivity index (χ0) is 14.7. The van der Waals surface area contributed by atoms with Gasteiger partial charge in [-0.2, -0.15) is 11.8 Å². The minimum absolute atomic E-state index is 0.475. The van der Waals surface area contributed by atoms with Gasteiger partial charge in [-0.3, -0.25) is 0 Å². The Bertz CT molecular complexity index is 596. The molecule has 0 bridgehead atoms. The number of hydrogen-bond donors (Lipinski definition) is 1. The number of thioether (sulfide) groups is 1. The highest BCUT2D eigenvalue weighted by Gasteiger charge is 2.31. The molecule has 0 radical (unpaired) electrons. The lowest BCUT2D eigenvalue weighted by molar-refractivity contribution is 0.560. The predicted molar refractivity (Wildman–Crippen MR) is 93.1 cm³/mol. The fourth-order valence-electron chi connectivity index (χ4n) is 2.96. The van der Waals surface area contributed by atoms with Crippen LogP contribution in [0.25, 0.3) is 0 Å². The molecule has 0 saturated heterocycles. The van der Waals surface area contributed by atoms with Crippen molar-refractivity contribution in [2.75, 3.05) is 6.54 Å². The number of rotatable bonds is 5. The Morgan fingerprint density at radius 1 is 1.14 bits per heavy atom. The molecule has 0 aromatic heterocycles. The number of halogens is 1. The van der Waals surface area contributed by atoms with E-state index in [1.54, 1.807) is 0 Å². The van der Waals surface area contributed by atoms with Crippen LogP contribution >= 0.6 is 23.4 Å². The van der Waals surface area contributed by atoms with Gasteiger partial charge in [-0.05, 0) is 41.8 Å². The number of benzene rings is 2. The largest absolute Gasteiger partial charge is 0.309 e. The van der Waals surface area contributed by atoms with E-state index in [1.807, 2.05) is 23.9 Å². The molecule has 1 aliphatic rings. The van der Waals surface area contributed by atoms with E-state index in [-0.39, 0.29) is 0 Å². The lowest BCUT2D eigenvalue weighted by Gasteiger charge is -2.21. The van der Waals surface area contributed by atoms with E-state index in [4.69, 9.17) is 11.6 Å². The van der Waals surface area contributed by atoms with Gasteiger partial charge in [0.1, 0.15) is 0 Å². The normalized spacial score (nSPS) is 20.5. The molecule has 0 fully saturated rings. The fraction of sp³-hybridized carbons (Fsp3) is 0.333. The third-order valence-corrected chi connectivity index (χ3v) is 5.60. The number of fused-ring (bicyclic) bond motifs is 1. The summed E-state index contributed by atoms with van der Waals surface area (Å²) in [6, 6.07) is 17.5. The highest BCUT2D eigenvalue weighted by atomic mass is 35.5. The average molecular weight is 318 g/mol. The molecule has 0 aliphatic heterocycles. The molecule has 2 unspecified atom stereocenters. The summed E-state index contributed by atoms with van der Waals surface area (Å²) in [5.74, 6) is 1.04. The van der Waals surface area contributed by atoms with E-state index in [0.717, 1.165) is 23.7 Å². The second kappa shape index (κ2) is 6.87. The highest BCUT2D eigenvalue weighted by molar-refractivity contribution is 7.99. The molecule has 3 rings (SSSR count). The molecule has 0 saturated carbocycles. The zero-order valence-corrected chi connectivity index (χ0v) is 13.8. The maximum absolute atomic E-state index is 5.95. The molecule has 1 N–H and O–H groups in total. The van der Waals surface area contributed by atoms with E-state index in [0.29, 0.717) is 11.3 Å². The zero-order valence-electron chi connectivity index (χ0n) is 12.2. The van der Waals surface area contributed by atoms with Gasteiger partial charge in [-0.1, -0.05) is 54.9 Å². The molecular formula is C18H20ClNS. The van der Waals surface area contributed by atoms with E-state index in [9.17, 15) is 0 Å². The summed E-state index contributed by atoms with van der Waals surface area (Å²) >= 11 is 7.99. The summed E-state index contributed by atoms with van der Waals surface area (Å²) in [4.78, 5) is 0. The van der Waals surface area contributed by atoms with Gasteiger partial charge in [0.25, 0.3) is 0 Å². The standard InChI is InChI=1S/C18H20ClNS/c1-2-20-18-16-6-4-3-5-14(16)11-17(18)21-12-13-7-9-15(19)10-8-13/h3-10,17-18,20H,2,11-12H2,1H3. The quantitative estimate of drug-likeness (QED) is 0.846. The minimum Gasteiger partial charge on any atom is -0.309 e. The van der Waals surface area contributed by atoms with Crippen LogP contribution in [0.15, 0.2) is 48.5 Å². The van der Waals surface area contributed by atoms with E-state index in [2.05, 4.69) is 48.6 Å². The Morgan fingerprint density at radius 2 is 1.90 bits per heavy atom. The lowest BCUT2D eigenvalue weighted by atomic mass is 10.1. The topological polar surface area (TPSA) is 12.0 Å². The Labute approximate surface area is 136 Å². The van der Waals surface area contributed by atoms with E-state index >= 15 is 0 Å². The lowest BCUT2D eigenvalue weighted by Crippen LogP contribution is -2.26. The van der Waals surface area contributed by atoms with Crippen LogP contribution in [0, 0.1) is 0 Å². The number of hydrogen-bond acceptors (Lipinski definition) is 2. The highest BCUT2D eigenvalue weighted by Crippen LogP contribution is 2.39. The summed E-state index contributed by atoms with van der Waals surface area (Å²) in [6.45, 7) is 3.19. The van der Waals surface area contributed by atoms with Crippen LogP contribution < -0.4 is 5.32 Å². The van der Waals surface area contributed by atoms with E-state index < -0.39 is 0 Å². The second-order valence-electron chi connectivity index (χ2n) is 5.41. The Kier molecular flexibility index (Phi) is 4.89. The van der Waals surface area contributed by atoms with Crippen LogP contribution in [-0.4, -0.2) is 11.8 Å². The van der Waals surface area contributed by atoms with Crippen LogP contribution in [0.2, 0.25) is 5.02 Å². The van der Waals surface area contributed by atoms with Crippen molar-refractivity contribution in [3.05, 3.63) is 70.2 Å². The van der Waals surface area contributed by atoms with Crippen molar-refractivity contribution in [2.45, 2.75) is 30.4 Å². The van der Waals surface area contributed by atoms with Gasteiger partial charge in [-0.15, -0.1) is 0 Å². The monoisotopic (exact) mass is 317 g/mol. The van der Waals surface area contributed by atoms with Crippen LogP contribution in [0.5, 0.6) is 0 Å². The van der Waals surface area contributed by atoms with Crippen molar-refractivity contribution >= 4 is 23.4 Å². The fourth-order valence-corrected chi connectivity index (χ4v) is 4.42. The molecule has 21 heavy (non-hydrogen) atoms. The molecule has 0 amide bonds. The first-order chi connectivity index (χ1) is 10.3. The first-order valence-corrected chi connectivity index (χ1v) is 8.88. The van der Waals surface area contributed by atoms with Gasteiger partial charge in [-0.25, -0.2) is 0 Å². The van der Waals surface area contributed by atoms with Gasteiger partial charge >= 0.3 is 0 Å². The first kappa shape index (κ1) is 15.0. The van der Waals surface area contributed by atoms with Gasteiger partial charge in [0.15, 0.2) is 0 Å². The molecule has 0 spiro atoms. The van der Waals surface area contributed by atoms with Gasteiger partial charge in [0.2, 0.25) is 0 Å². The molecule has 2 aromatic carbocycles. The van der Waals surface area contributed by atoms with Gasteiger partial charge in [0.05, 0.1) is 0 Å². The molecule has 2 atom stereocenters. The van der Waals surface area contributed by atoms with Crippen molar-refractivity contribution in [1.82, 2.24) is 5.32 Å². The Hall–Kier alpha value is -0.960. The van der Waals surface area contributed by atoms with Gasteiger partial charge in [0, 0.05) is 22.1 Å². The second-order valence-corrected chi connectivity index (χ2v) is 7.08. The van der Waals surface area contributed by atoms with E-state index in [1.165, 1.54) is 16.7 Å². The Balaban J connectivity index is 1.69. The molecule has 0 heterocycles. The third kappa shape index (κ3) is 3.45. The smallest absolute Gasteiger partial charge is 0.0446 e. The van der Waals surface area contributed by atoms with Crippen LogP contribution in [0.4, 0.5) is 0 Å². The van der Waals surface area contributed by atoms with Crippen molar-refractivity contribution in [2.24, 2.45) is 0 Å². The van der Waals surface area contributed by atoms with Crippen LogP contribution in [-0.2, 0) is 12.2 Å². The van der Waals surface area contributed by atoms with Crippen molar-refractivity contribution in [1.29, 1.82) is 0 Å². The van der Waals surface area contributed by atoms with Crippen molar-refractivity contribution in [3.8, 4) is 0 Å². The minimum atomic E-state index is 0.475. The Morgan fingerprint density at radius 3 is 2.67 bits per heavy atom. The van der Waals surface area contributed by atoms with Crippen molar-refractivity contribution < 1.29 is 0 Å². The van der Waals surface area contributed by atoms with Crippen LogP contribution in [0.3, 0.4) is 0 Å². The molecule has 1 aliphatic carbocycles. The van der Waals surface area contributed by atoms with Crippen LogP contribution in [0.1, 0.15) is 29.7 Å². The molecule has 3 heteroatoms. The summed E-state index contributed by atoms with van der Waals surface area (Å²) in [7, 11) is 0. The molecule has 1 nitrogen and oxygen atoms in total. The molecular weight excluding hydrogens is 298 g/mol. The SMILES string of the molecule is CCNC1c2ccccc2CC1SCc1ccc(Cl)cc1. The summed E-state index contributed by atoms with van der Waals surface area (Å²) < 4.78 is 0.